The van der Waals surface area contributed by atoms with Crippen LogP contribution in [0.15, 0.2) is 23.1 Å². The van der Waals surface area contributed by atoms with Crippen LogP contribution in [0.5, 0.6) is 0 Å². The monoisotopic (exact) mass is 342 g/mol. The van der Waals surface area contributed by atoms with E-state index in [1.54, 1.807) is 0 Å². The first kappa shape index (κ1) is 17.9. The van der Waals surface area contributed by atoms with Crippen molar-refractivity contribution in [3.05, 3.63) is 29.6 Å². The lowest BCUT2D eigenvalue weighted by molar-refractivity contribution is 0.0919. The molecule has 0 saturated carbocycles. The number of benzene rings is 1. The molecule has 128 valence electrons. The van der Waals surface area contributed by atoms with Crippen LogP contribution in [-0.2, 0) is 10.0 Å². The molecule has 0 aliphatic carbocycles. The Labute approximate surface area is 136 Å². The number of halogens is 1. The standard InChI is InChI=1S/C16H23FN2O3S/c1-16(2,3)18-15(20)12-7-8-13(17)14(11-12)23(21,22)19-9-5-4-6-10-19/h7-8,11H,4-6,9-10H2,1-3H3,(H,18,20). The molecule has 1 heterocycles. The van der Waals surface area contributed by atoms with Crippen LogP contribution in [0.25, 0.3) is 0 Å². The minimum atomic E-state index is -3.91. The van der Waals surface area contributed by atoms with Gasteiger partial charge in [0, 0.05) is 24.2 Å². The number of nitrogens with zero attached hydrogens (tertiary/aromatic N) is 1. The number of hydrogen-bond donors (Lipinski definition) is 1. The molecule has 1 fully saturated rings. The quantitative estimate of drug-likeness (QED) is 0.918. The Morgan fingerprint density at radius 3 is 2.35 bits per heavy atom. The Kier molecular flexibility index (Phi) is 5.10. The molecule has 0 spiro atoms. The van der Waals surface area contributed by atoms with Crippen LogP contribution in [-0.4, -0.2) is 37.3 Å². The molecular formula is C16H23FN2O3S. The van der Waals surface area contributed by atoms with Crippen LogP contribution in [0.2, 0.25) is 0 Å². The van der Waals surface area contributed by atoms with Gasteiger partial charge in [0.2, 0.25) is 10.0 Å². The highest BCUT2D eigenvalue weighted by Crippen LogP contribution is 2.24. The normalized spacial score (nSPS) is 17.0. The Bertz CT molecular complexity index is 690. The van der Waals surface area contributed by atoms with E-state index in [0.29, 0.717) is 13.1 Å². The van der Waals surface area contributed by atoms with Gasteiger partial charge in [-0.15, -0.1) is 0 Å². The summed E-state index contributed by atoms with van der Waals surface area (Å²) in [5.74, 6) is -1.25. The van der Waals surface area contributed by atoms with Crippen molar-refractivity contribution in [1.29, 1.82) is 0 Å². The minimum absolute atomic E-state index is 0.136. The highest BCUT2D eigenvalue weighted by Gasteiger charge is 2.29. The summed E-state index contributed by atoms with van der Waals surface area (Å²) in [6, 6.07) is 3.46. The summed E-state index contributed by atoms with van der Waals surface area (Å²) in [7, 11) is -3.91. The van der Waals surface area contributed by atoms with E-state index >= 15 is 0 Å². The SMILES string of the molecule is CC(C)(C)NC(=O)c1ccc(F)c(S(=O)(=O)N2CCCCC2)c1. The van der Waals surface area contributed by atoms with E-state index in [0.717, 1.165) is 31.4 Å². The molecule has 1 aliphatic rings. The second kappa shape index (κ2) is 6.57. The number of nitrogens with one attached hydrogen (secondary N) is 1. The number of carbonyl (C=O) groups excluding carboxylic acids is 1. The van der Waals surface area contributed by atoms with Crippen LogP contribution < -0.4 is 5.32 Å². The fraction of sp³-hybridized carbons (Fsp3) is 0.562. The Hall–Kier alpha value is -1.47. The van der Waals surface area contributed by atoms with Crippen LogP contribution in [0, 0.1) is 5.82 Å². The number of piperidine rings is 1. The van der Waals surface area contributed by atoms with Crippen LogP contribution >= 0.6 is 0 Å². The molecule has 1 saturated heterocycles. The van der Waals surface area contributed by atoms with Gasteiger partial charge < -0.3 is 5.32 Å². The van der Waals surface area contributed by atoms with Gasteiger partial charge in [-0.3, -0.25) is 4.79 Å². The fourth-order valence-electron chi connectivity index (χ4n) is 2.50. The molecule has 7 heteroatoms. The number of carbonyl (C=O) groups is 1. The second-order valence-corrected chi connectivity index (χ2v) is 8.72. The third-order valence-electron chi connectivity index (χ3n) is 3.61. The molecule has 23 heavy (non-hydrogen) atoms. The fourth-order valence-corrected chi connectivity index (χ4v) is 4.11. The molecule has 2 rings (SSSR count). The van der Waals surface area contributed by atoms with Crippen LogP contribution in [0.4, 0.5) is 4.39 Å². The molecular weight excluding hydrogens is 319 g/mol. The predicted molar refractivity (Wildman–Crippen MR) is 86.2 cm³/mol. The average Bonchev–Trinajstić information content (AvgIpc) is 2.46. The van der Waals surface area contributed by atoms with E-state index in [-0.39, 0.29) is 5.56 Å². The molecule has 1 aromatic carbocycles. The maximum absolute atomic E-state index is 14.1. The number of sulfonamides is 1. The van der Waals surface area contributed by atoms with Gasteiger partial charge >= 0.3 is 0 Å². The molecule has 1 aromatic rings. The summed E-state index contributed by atoms with van der Waals surface area (Å²) in [5, 5.41) is 2.74. The van der Waals surface area contributed by atoms with Crippen LogP contribution in [0.3, 0.4) is 0 Å². The Balaban J connectivity index is 2.35. The zero-order valence-corrected chi connectivity index (χ0v) is 14.5. The zero-order chi connectivity index (χ0) is 17.3. The van der Waals surface area contributed by atoms with Crippen LogP contribution in [0.1, 0.15) is 50.4 Å². The summed E-state index contributed by atoms with van der Waals surface area (Å²) in [6.45, 7) is 6.24. The lowest BCUT2D eigenvalue weighted by atomic mass is 10.1. The van der Waals surface area contributed by atoms with Gasteiger partial charge in [-0.05, 0) is 51.8 Å². The average molecular weight is 342 g/mol. The van der Waals surface area contributed by atoms with Crippen molar-refractivity contribution in [2.75, 3.05) is 13.1 Å². The predicted octanol–water partition coefficient (Wildman–Crippen LogP) is 2.53. The smallest absolute Gasteiger partial charge is 0.251 e. The van der Waals surface area contributed by atoms with Gasteiger partial charge in [0.25, 0.3) is 5.91 Å². The molecule has 0 atom stereocenters. The first-order valence-corrected chi connectivity index (χ1v) is 9.17. The van der Waals surface area contributed by atoms with Crippen molar-refractivity contribution >= 4 is 15.9 Å². The topological polar surface area (TPSA) is 66.5 Å². The van der Waals surface area contributed by atoms with Gasteiger partial charge in [-0.25, -0.2) is 12.8 Å². The molecule has 1 aliphatic heterocycles. The lowest BCUT2D eigenvalue weighted by Gasteiger charge is -2.26. The van der Waals surface area contributed by atoms with E-state index in [9.17, 15) is 17.6 Å². The summed E-state index contributed by atoms with van der Waals surface area (Å²) in [4.78, 5) is 11.8. The van der Waals surface area contributed by atoms with E-state index in [4.69, 9.17) is 0 Å². The Morgan fingerprint density at radius 1 is 1.17 bits per heavy atom. The molecule has 0 radical (unpaired) electrons. The first-order valence-electron chi connectivity index (χ1n) is 7.73. The van der Waals surface area contributed by atoms with Crippen molar-refractivity contribution < 1.29 is 17.6 Å². The van der Waals surface area contributed by atoms with Gasteiger partial charge in [0.15, 0.2) is 0 Å². The molecule has 1 amide bonds. The summed E-state index contributed by atoms with van der Waals surface area (Å²) < 4.78 is 40.6. The molecule has 0 aromatic heterocycles. The van der Waals surface area contributed by atoms with E-state index in [1.807, 2.05) is 20.8 Å². The summed E-state index contributed by atoms with van der Waals surface area (Å²) in [5.41, 5.74) is -0.325. The zero-order valence-electron chi connectivity index (χ0n) is 13.7. The van der Waals surface area contributed by atoms with E-state index in [1.165, 1.54) is 10.4 Å². The Morgan fingerprint density at radius 2 is 1.78 bits per heavy atom. The second-order valence-electron chi connectivity index (χ2n) is 6.81. The number of amides is 1. The highest BCUT2D eigenvalue weighted by atomic mass is 32.2. The summed E-state index contributed by atoms with van der Waals surface area (Å²) >= 11 is 0. The van der Waals surface area contributed by atoms with Crippen molar-refractivity contribution in [1.82, 2.24) is 9.62 Å². The van der Waals surface area contributed by atoms with Crippen molar-refractivity contribution in [2.24, 2.45) is 0 Å². The van der Waals surface area contributed by atoms with Gasteiger partial charge in [0.05, 0.1) is 0 Å². The summed E-state index contributed by atoms with van der Waals surface area (Å²) in [6.07, 6.45) is 2.51. The van der Waals surface area contributed by atoms with Crippen molar-refractivity contribution in [2.45, 2.75) is 50.5 Å². The third-order valence-corrected chi connectivity index (χ3v) is 5.53. The maximum Gasteiger partial charge on any atom is 0.251 e. The molecule has 1 N–H and O–H groups in total. The first-order chi connectivity index (χ1) is 10.6. The highest BCUT2D eigenvalue weighted by molar-refractivity contribution is 7.89. The minimum Gasteiger partial charge on any atom is -0.347 e. The number of hydrogen-bond acceptors (Lipinski definition) is 3. The van der Waals surface area contributed by atoms with E-state index < -0.39 is 32.2 Å². The lowest BCUT2D eigenvalue weighted by Crippen LogP contribution is -2.40. The largest absolute Gasteiger partial charge is 0.347 e. The van der Waals surface area contributed by atoms with Crippen molar-refractivity contribution in [3.8, 4) is 0 Å². The molecule has 0 bridgehead atoms. The molecule has 0 unspecified atom stereocenters. The van der Waals surface area contributed by atoms with Gasteiger partial charge in [-0.1, -0.05) is 6.42 Å². The number of rotatable bonds is 3. The van der Waals surface area contributed by atoms with Crippen molar-refractivity contribution in [3.63, 3.8) is 0 Å². The molecule has 5 nitrogen and oxygen atoms in total. The van der Waals surface area contributed by atoms with E-state index in [2.05, 4.69) is 5.32 Å². The third kappa shape index (κ3) is 4.29. The van der Waals surface area contributed by atoms with Gasteiger partial charge in [0.1, 0.15) is 10.7 Å². The van der Waals surface area contributed by atoms with Gasteiger partial charge in [-0.2, -0.15) is 4.31 Å². The maximum atomic E-state index is 14.1.